The number of carbonyl (C=O) groups excluding carboxylic acids is 1. The second-order valence-corrected chi connectivity index (χ2v) is 4.61. The Balaban J connectivity index is 2.08. The molecule has 3 N–H and O–H groups in total. The summed E-state index contributed by atoms with van der Waals surface area (Å²) in [6, 6.07) is 1.73. The lowest BCUT2D eigenvalue weighted by Gasteiger charge is -2.38. The van der Waals surface area contributed by atoms with Crippen molar-refractivity contribution in [3.05, 3.63) is 18.0 Å². The molecule has 1 aromatic rings. The zero-order valence-electron chi connectivity index (χ0n) is 10.1. The van der Waals surface area contributed by atoms with Crippen molar-refractivity contribution in [2.75, 3.05) is 25.4 Å². The molecule has 1 aliphatic heterocycles. The third-order valence-electron chi connectivity index (χ3n) is 3.10. The summed E-state index contributed by atoms with van der Waals surface area (Å²) in [6.07, 6.45) is 2.77. The molecule has 17 heavy (non-hydrogen) atoms. The van der Waals surface area contributed by atoms with Gasteiger partial charge in [0.15, 0.2) is 0 Å². The molecule has 1 aliphatic rings. The molecule has 2 heterocycles. The van der Waals surface area contributed by atoms with E-state index < -0.39 is 0 Å². The van der Waals surface area contributed by atoms with Crippen LogP contribution in [0.1, 0.15) is 23.8 Å². The van der Waals surface area contributed by atoms with E-state index in [-0.39, 0.29) is 18.4 Å². The van der Waals surface area contributed by atoms with E-state index in [1.54, 1.807) is 17.2 Å². The number of nitrogens with zero attached hydrogens (tertiary/aromatic N) is 2. The van der Waals surface area contributed by atoms with E-state index in [0.717, 1.165) is 13.0 Å². The molecule has 94 valence electrons. The Morgan fingerprint density at radius 3 is 2.88 bits per heavy atom. The molecule has 5 nitrogen and oxygen atoms in total. The van der Waals surface area contributed by atoms with Gasteiger partial charge in [0.2, 0.25) is 0 Å². The van der Waals surface area contributed by atoms with Crippen LogP contribution in [0.2, 0.25) is 0 Å². The standard InChI is InChI=1S/C12H19N3O2/c1-2-3-14-7-10(13)4-11(14)12(17)15-5-9(6-15)8-16/h4,7,9,16H,2-3,5-6,8,13H2,1H3. The number of nitrogen functional groups attached to an aromatic ring is 1. The fraction of sp³-hybridized carbons (Fsp3) is 0.583. The zero-order chi connectivity index (χ0) is 12.4. The molecule has 1 saturated heterocycles. The number of aromatic nitrogens is 1. The minimum atomic E-state index is 0.0138. The zero-order valence-corrected chi connectivity index (χ0v) is 10.1. The number of aliphatic hydroxyl groups is 1. The van der Waals surface area contributed by atoms with Gasteiger partial charge in [-0.3, -0.25) is 4.79 Å². The van der Waals surface area contributed by atoms with Gasteiger partial charge < -0.3 is 20.3 Å². The van der Waals surface area contributed by atoms with Crippen LogP contribution in [0.25, 0.3) is 0 Å². The third kappa shape index (κ3) is 2.29. The maximum absolute atomic E-state index is 12.2. The summed E-state index contributed by atoms with van der Waals surface area (Å²) in [7, 11) is 0. The maximum atomic E-state index is 12.2. The molecule has 0 aromatic carbocycles. The largest absolute Gasteiger partial charge is 0.397 e. The Bertz CT molecular complexity index is 408. The Kier molecular flexibility index (Phi) is 3.38. The SMILES string of the molecule is CCCn1cc(N)cc1C(=O)N1CC(CO)C1. The van der Waals surface area contributed by atoms with E-state index in [4.69, 9.17) is 10.8 Å². The highest BCUT2D eigenvalue weighted by Crippen LogP contribution is 2.20. The van der Waals surface area contributed by atoms with E-state index in [1.165, 1.54) is 0 Å². The van der Waals surface area contributed by atoms with Crippen LogP contribution in [0.15, 0.2) is 12.3 Å². The van der Waals surface area contributed by atoms with Crippen molar-refractivity contribution in [3.63, 3.8) is 0 Å². The second kappa shape index (κ2) is 4.79. The average Bonchev–Trinajstić information content (AvgIpc) is 2.58. The lowest BCUT2D eigenvalue weighted by atomic mass is 10.0. The van der Waals surface area contributed by atoms with E-state index >= 15 is 0 Å². The van der Waals surface area contributed by atoms with Crippen LogP contribution in [0.3, 0.4) is 0 Å². The highest BCUT2D eigenvalue weighted by molar-refractivity contribution is 5.94. The van der Waals surface area contributed by atoms with E-state index in [9.17, 15) is 4.79 Å². The number of rotatable bonds is 4. The van der Waals surface area contributed by atoms with Gasteiger partial charge in [-0.05, 0) is 12.5 Å². The van der Waals surface area contributed by atoms with Crippen LogP contribution in [-0.2, 0) is 6.54 Å². The Hall–Kier alpha value is -1.49. The van der Waals surface area contributed by atoms with Crippen molar-refractivity contribution >= 4 is 11.6 Å². The topological polar surface area (TPSA) is 71.5 Å². The van der Waals surface area contributed by atoms with Crippen molar-refractivity contribution in [2.24, 2.45) is 5.92 Å². The first-order valence-electron chi connectivity index (χ1n) is 6.01. The predicted octanol–water partition coefficient (Wildman–Crippen LogP) is 0.545. The van der Waals surface area contributed by atoms with E-state index in [1.807, 2.05) is 4.57 Å². The first-order valence-corrected chi connectivity index (χ1v) is 6.01. The molecule has 0 aliphatic carbocycles. The van der Waals surface area contributed by atoms with Gasteiger partial charge in [0.25, 0.3) is 5.91 Å². The Labute approximate surface area is 101 Å². The van der Waals surface area contributed by atoms with Crippen molar-refractivity contribution in [1.82, 2.24) is 9.47 Å². The first kappa shape index (κ1) is 12.0. The van der Waals surface area contributed by atoms with Gasteiger partial charge in [-0.2, -0.15) is 0 Å². The Morgan fingerprint density at radius 2 is 2.29 bits per heavy atom. The molecule has 0 spiro atoms. The normalized spacial score (nSPS) is 16.0. The summed E-state index contributed by atoms with van der Waals surface area (Å²) in [6.45, 7) is 4.31. The van der Waals surface area contributed by atoms with Crippen LogP contribution < -0.4 is 5.73 Å². The second-order valence-electron chi connectivity index (χ2n) is 4.61. The fourth-order valence-corrected chi connectivity index (χ4v) is 2.15. The number of aryl methyl sites for hydroxylation is 1. The van der Waals surface area contributed by atoms with Crippen LogP contribution >= 0.6 is 0 Å². The smallest absolute Gasteiger partial charge is 0.270 e. The quantitative estimate of drug-likeness (QED) is 0.803. The van der Waals surface area contributed by atoms with Crippen molar-refractivity contribution in [1.29, 1.82) is 0 Å². The van der Waals surface area contributed by atoms with Gasteiger partial charge in [-0.15, -0.1) is 0 Å². The Morgan fingerprint density at radius 1 is 1.59 bits per heavy atom. The molecule has 1 aromatic heterocycles. The van der Waals surface area contributed by atoms with Gasteiger partial charge >= 0.3 is 0 Å². The minimum Gasteiger partial charge on any atom is -0.397 e. The molecule has 1 fully saturated rings. The summed E-state index contributed by atoms with van der Waals surface area (Å²) >= 11 is 0. The molecule has 5 heteroatoms. The molecular formula is C12H19N3O2. The third-order valence-corrected chi connectivity index (χ3v) is 3.10. The van der Waals surface area contributed by atoms with Gasteiger partial charge in [-0.25, -0.2) is 0 Å². The number of aliphatic hydroxyl groups excluding tert-OH is 1. The van der Waals surface area contributed by atoms with E-state index in [0.29, 0.717) is 24.5 Å². The summed E-state index contributed by atoms with van der Waals surface area (Å²) in [5.74, 6) is 0.255. The summed E-state index contributed by atoms with van der Waals surface area (Å²) < 4.78 is 1.91. The highest BCUT2D eigenvalue weighted by Gasteiger charge is 2.31. The molecule has 1 amide bonds. The molecule has 0 radical (unpaired) electrons. The minimum absolute atomic E-state index is 0.0138. The average molecular weight is 237 g/mol. The maximum Gasteiger partial charge on any atom is 0.270 e. The molecule has 0 unspecified atom stereocenters. The molecule has 0 bridgehead atoms. The molecular weight excluding hydrogens is 218 g/mol. The monoisotopic (exact) mass is 237 g/mol. The lowest BCUT2D eigenvalue weighted by Crippen LogP contribution is -2.51. The van der Waals surface area contributed by atoms with Crippen molar-refractivity contribution in [3.8, 4) is 0 Å². The summed E-state index contributed by atoms with van der Waals surface area (Å²) in [5.41, 5.74) is 7.01. The van der Waals surface area contributed by atoms with Crippen LogP contribution in [0, 0.1) is 5.92 Å². The summed E-state index contributed by atoms with van der Waals surface area (Å²) in [5, 5.41) is 8.94. The van der Waals surface area contributed by atoms with Crippen molar-refractivity contribution < 1.29 is 9.90 Å². The van der Waals surface area contributed by atoms with Gasteiger partial charge in [0.05, 0.1) is 5.69 Å². The van der Waals surface area contributed by atoms with Gasteiger partial charge in [0, 0.05) is 38.4 Å². The summed E-state index contributed by atoms with van der Waals surface area (Å²) in [4.78, 5) is 13.9. The van der Waals surface area contributed by atoms with Gasteiger partial charge in [-0.1, -0.05) is 6.92 Å². The highest BCUT2D eigenvalue weighted by atomic mass is 16.3. The number of amides is 1. The number of anilines is 1. The lowest BCUT2D eigenvalue weighted by molar-refractivity contribution is 0.0352. The molecule has 0 saturated carbocycles. The number of likely N-dealkylation sites (tertiary alicyclic amines) is 1. The van der Waals surface area contributed by atoms with Crippen LogP contribution in [-0.4, -0.2) is 40.2 Å². The molecule has 2 rings (SSSR count). The number of carbonyl (C=O) groups is 1. The van der Waals surface area contributed by atoms with E-state index in [2.05, 4.69) is 6.92 Å². The predicted molar refractivity (Wildman–Crippen MR) is 65.6 cm³/mol. The number of hydrogen-bond acceptors (Lipinski definition) is 3. The first-order chi connectivity index (χ1) is 8.15. The van der Waals surface area contributed by atoms with Crippen LogP contribution in [0.4, 0.5) is 5.69 Å². The number of hydrogen-bond donors (Lipinski definition) is 2. The van der Waals surface area contributed by atoms with Crippen molar-refractivity contribution in [2.45, 2.75) is 19.9 Å². The molecule has 0 atom stereocenters. The fourth-order valence-electron chi connectivity index (χ4n) is 2.15. The van der Waals surface area contributed by atoms with Gasteiger partial charge in [0.1, 0.15) is 5.69 Å². The van der Waals surface area contributed by atoms with Crippen LogP contribution in [0.5, 0.6) is 0 Å². The number of nitrogens with two attached hydrogens (primary N) is 1.